The molecule has 0 spiro atoms. The molecule has 1 fully saturated rings. The van der Waals surface area contributed by atoms with Crippen LogP contribution in [0.15, 0.2) is 0 Å². The molecular weight excluding hydrogens is 398 g/mol. The minimum Gasteiger partial charge on any atom is -0.400 e. The molecule has 0 bridgehead atoms. The van der Waals surface area contributed by atoms with E-state index in [4.69, 9.17) is 15.9 Å². The van der Waals surface area contributed by atoms with Crippen LogP contribution in [0.4, 0.5) is 0 Å². The van der Waals surface area contributed by atoms with Crippen molar-refractivity contribution in [3.63, 3.8) is 0 Å². The maximum Gasteiger partial charge on any atom is 0.224 e. The first-order valence-corrected chi connectivity index (χ1v) is 11.2. The highest BCUT2D eigenvalue weighted by Gasteiger charge is 2.32. The largest absolute Gasteiger partial charge is 0.400 e. The number of hydrogen-bond acceptors (Lipinski definition) is 6. The van der Waals surface area contributed by atoms with Gasteiger partial charge in [0.05, 0.1) is 24.5 Å². The molecular formula is C23H51N3O5. The Morgan fingerprint density at radius 3 is 1.77 bits per heavy atom. The molecule has 8 heteroatoms. The van der Waals surface area contributed by atoms with Crippen molar-refractivity contribution in [2.75, 3.05) is 26.7 Å². The summed E-state index contributed by atoms with van der Waals surface area (Å²) in [6, 6.07) is 0. The third-order valence-electron chi connectivity index (χ3n) is 3.78. The number of Topliss-reactive ketones (excluding diaryl/α,β-unsaturated/α-hetero) is 1. The van der Waals surface area contributed by atoms with E-state index >= 15 is 0 Å². The van der Waals surface area contributed by atoms with E-state index in [2.05, 4.69) is 31.4 Å². The summed E-state index contributed by atoms with van der Waals surface area (Å²) in [7, 11) is 1.00. The number of ketones is 1. The molecule has 0 saturated carbocycles. The molecule has 0 radical (unpaired) electrons. The summed E-state index contributed by atoms with van der Waals surface area (Å²) in [4.78, 5) is 32.9. The summed E-state index contributed by atoms with van der Waals surface area (Å²) in [6.07, 6.45) is 1.37. The first kappa shape index (κ1) is 36.8. The predicted molar refractivity (Wildman–Crippen MR) is 129 cm³/mol. The third kappa shape index (κ3) is 26.5. The van der Waals surface area contributed by atoms with E-state index in [1.165, 1.54) is 6.92 Å². The van der Waals surface area contributed by atoms with E-state index in [9.17, 15) is 14.4 Å². The first-order chi connectivity index (χ1) is 14.3. The van der Waals surface area contributed by atoms with Crippen molar-refractivity contribution in [2.45, 2.75) is 87.7 Å². The van der Waals surface area contributed by atoms with Gasteiger partial charge in [-0.1, -0.05) is 48.5 Å². The minimum atomic E-state index is -0.658. The van der Waals surface area contributed by atoms with Gasteiger partial charge in [-0.15, -0.1) is 0 Å². The van der Waals surface area contributed by atoms with Gasteiger partial charge in [0.2, 0.25) is 11.8 Å². The van der Waals surface area contributed by atoms with Crippen LogP contribution in [0.5, 0.6) is 0 Å². The lowest BCUT2D eigenvalue weighted by Gasteiger charge is -2.30. The Kier molecular flexibility index (Phi) is 27.5. The van der Waals surface area contributed by atoms with Crippen LogP contribution in [0.3, 0.4) is 0 Å². The van der Waals surface area contributed by atoms with Gasteiger partial charge in [-0.2, -0.15) is 0 Å². The Morgan fingerprint density at radius 2 is 1.52 bits per heavy atom. The molecule has 2 amide bonds. The average Bonchev–Trinajstić information content (AvgIpc) is 2.69. The van der Waals surface area contributed by atoms with Crippen LogP contribution in [0, 0.1) is 17.3 Å². The number of nitrogens with one attached hydrogen (secondary N) is 2. The number of hydrogen-bond donors (Lipinski definition) is 5. The van der Waals surface area contributed by atoms with Crippen LogP contribution in [0.2, 0.25) is 0 Å². The molecule has 1 aliphatic rings. The lowest BCUT2D eigenvalue weighted by molar-refractivity contribution is -0.127. The fourth-order valence-electron chi connectivity index (χ4n) is 2.00. The highest BCUT2D eigenvalue weighted by molar-refractivity contribution is 5.87. The monoisotopic (exact) mass is 449 g/mol. The van der Waals surface area contributed by atoms with Crippen molar-refractivity contribution in [3.8, 4) is 0 Å². The number of carbonyl (C=O) groups excluding carboxylic acids is 3. The van der Waals surface area contributed by atoms with E-state index in [1.807, 2.05) is 20.8 Å². The number of amides is 2. The van der Waals surface area contributed by atoms with Gasteiger partial charge in [0, 0.05) is 19.6 Å². The second-order valence-electron chi connectivity index (χ2n) is 8.39. The van der Waals surface area contributed by atoms with E-state index in [1.54, 1.807) is 13.8 Å². The van der Waals surface area contributed by atoms with Crippen molar-refractivity contribution < 1.29 is 24.6 Å². The van der Waals surface area contributed by atoms with Crippen LogP contribution in [0.1, 0.15) is 81.6 Å². The Balaban J connectivity index is -0.000000179. The van der Waals surface area contributed by atoms with Crippen LogP contribution >= 0.6 is 0 Å². The predicted octanol–water partition coefficient (Wildman–Crippen LogP) is 2.26. The van der Waals surface area contributed by atoms with Crippen molar-refractivity contribution in [1.29, 1.82) is 0 Å². The zero-order valence-electron chi connectivity index (χ0n) is 21.7. The molecule has 2 atom stereocenters. The van der Waals surface area contributed by atoms with Gasteiger partial charge < -0.3 is 26.6 Å². The molecule has 0 aliphatic carbocycles. The number of nitrogens with two attached hydrogens (primary N) is 1. The molecule has 1 aliphatic heterocycles. The molecule has 1 heterocycles. The smallest absolute Gasteiger partial charge is 0.224 e. The molecule has 8 nitrogen and oxygen atoms in total. The summed E-state index contributed by atoms with van der Waals surface area (Å²) < 4.78 is 0. The average molecular weight is 450 g/mol. The van der Waals surface area contributed by atoms with Crippen molar-refractivity contribution >= 4 is 17.6 Å². The van der Waals surface area contributed by atoms with Crippen LogP contribution in [-0.2, 0) is 14.4 Å². The van der Waals surface area contributed by atoms with Gasteiger partial charge in [-0.3, -0.25) is 14.4 Å². The van der Waals surface area contributed by atoms with Gasteiger partial charge in [0.1, 0.15) is 0 Å². The molecule has 1 rings (SSSR count). The molecule has 0 aromatic heterocycles. The topological polar surface area (TPSA) is 142 Å². The Hall–Kier alpha value is -1.51. The summed E-state index contributed by atoms with van der Waals surface area (Å²) in [5, 5.41) is 21.5. The van der Waals surface area contributed by atoms with Crippen LogP contribution in [-0.4, -0.2) is 60.7 Å². The Labute approximate surface area is 190 Å². The molecule has 0 aromatic carbocycles. The zero-order chi connectivity index (χ0) is 25.6. The van der Waals surface area contributed by atoms with Crippen molar-refractivity contribution in [3.05, 3.63) is 0 Å². The Bertz CT molecular complexity index is 444. The number of carbonyl (C=O) groups is 3. The molecule has 6 N–H and O–H groups in total. The number of primary amides is 1. The summed E-state index contributed by atoms with van der Waals surface area (Å²) in [6.45, 7) is 19.3. The molecule has 188 valence electrons. The number of rotatable bonds is 6. The van der Waals surface area contributed by atoms with E-state index in [-0.39, 0.29) is 41.9 Å². The second kappa shape index (κ2) is 23.2. The van der Waals surface area contributed by atoms with Crippen LogP contribution < -0.4 is 16.4 Å². The highest BCUT2D eigenvalue weighted by atomic mass is 16.3. The Morgan fingerprint density at radius 1 is 1.06 bits per heavy atom. The SMILES string of the molecule is CC.CC(C)C.CC(O)CC(=O)NCC(=O)C(C)C.CO.C[C@]1(C(N)=O)CCCNC1. The van der Waals surface area contributed by atoms with Gasteiger partial charge in [0.15, 0.2) is 5.78 Å². The van der Waals surface area contributed by atoms with Crippen LogP contribution in [0.25, 0.3) is 0 Å². The van der Waals surface area contributed by atoms with Gasteiger partial charge in [0.25, 0.3) is 0 Å². The lowest BCUT2D eigenvalue weighted by Crippen LogP contribution is -2.46. The quantitative estimate of drug-likeness (QED) is 0.421. The normalized spacial score (nSPS) is 17.7. The molecule has 0 aromatic rings. The summed E-state index contributed by atoms with van der Waals surface area (Å²) >= 11 is 0. The maximum absolute atomic E-state index is 11.1. The van der Waals surface area contributed by atoms with Gasteiger partial charge >= 0.3 is 0 Å². The summed E-state index contributed by atoms with van der Waals surface area (Å²) in [5.41, 5.74) is 4.93. The number of aliphatic hydroxyl groups excluding tert-OH is 2. The molecule has 1 saturated heterocycles. The minimum absolute atomic E-state index is 0.000979. The second-order valence-corrected chi connectivity index (χ2v) is 8.39. The van der Waals surface area contributed by atoms with E-state index < -0.39 is 6.10 Å². The fourth-order valence-corrected chi connectivity index (χ4v) is 2.00. The number of aliphatic hydroxyl groups is 2. The fraction of sp³-hybridized carbons (Fsp3) is 0.870. The molecule has 1 unspecified atom stereocenters. The van der Waals surface area contributed by atoms with Crippen molar-refractivity contribution in [2.24, 2.45) is 23.0 Å². The van der Waals surface area contributed by atoms with E-state index in [0.29, 0.717) is 0 Å². The number of piperidine rings is 1. The van der Waals surface area contributed by atoms with Crippen molar-refractivity contribution in [1.82, 2.24) is 10.6 Å². The lowest BCUT2D eigenvalue weighted by atomic mass is 9.82. The highest BCUT2D eigenvalue weighted by Crippen LogP contribution is 2.24. The maximum atomic E-state index is 11.1. The zero-order valence-corrected chi connectivity index (χ0v) is 21.7. The van der Waals surface area contributed by atoms with Gasteiger partial charge in [-0.25, -0.2) is 0 Å². The first-order valence-electron chi connectivity index (χ1n) is 11.2. The standard InChI is InChI=1S/C9H17NO3.C7H14N2O.C4H10.C2H6.CH4O/c1-6(2)8(12)5-10-9(13)4-7(3)11;1-7(6(8)10)3-2-4-9-5-7;1-4(2)3;2*1-2/h6-7,11H,4-5H2,1-3H3,(H,10,13);9H,2-5H2,1H3,(H2,8,10);4H,1-3H3;1-2H3;2H,1H3/t;7-;;;/m.0.../s1. The van der Waals surface area contributed by atoms with E-state index in [0.717, 1.165) is 39.0 Å². The third-order valence-corrected chi connectivity index (χ3v) is 3.78. The molecule has 31 heavy (non-hydrogen) atoms. The summed E-state index contributed by atoms with van der Waals surface area (Å²) in [5.74, 6) is 0.300. The van der Waals surface area contributed by atoms with Gasteiger partial charge in [-0.05, 0) is 39.2 Å².